The van der Waals surface area contributed by atoms with Crippen molar-refractivity contribution in [3.63, 3.8) is 0 Å². The van der Waals surface area contributed by atoms with E-state index in [9.17, 15) is 0 Å². The lowest BCUT2D eigenvalue weighted by atomic mass is 9.69. The van der Waals surface area contributed by atoms with Gasteiger partial charge in [-0.2, -0.15) is 0 Å². The quantitative estimate of drug-likeness (QED) is 0.237. The van der Waals surface area contributed by atoms with Gasteiger partial charge in [0.15, 0.2) is 5.69 Å². The second kappa shape index (κ2) is 7.18. The molecule has 1 heteroatoms. The fourth-order valence-electron chi connectivity index (χ4n) is 6.15. The predicted molar refractivity (Wildman–Crippen MR) is 142 cm³/mol. The minimum absolute atomic E-state index is 0.391. The summed E-state index contributed by atoms with van der Waals surface area (Å²) in [7, 11) is 0. The molecule has 0 saturated heterocycles. The van der Waals surface area contributed by atoms with Gasteiger partial charge in [0.25, 0.3) is 0 Å². The average Bonchev–Trinajstić information content (AvgIpc) is 3.29. The zero-order chi connectivity index (χ0) is 23.8. The lowest BCUT2D eigenvalue weighted by Gasteiger charge is -2.32. The highest BCUT2D eigenvalue weighted by atomic mass is 14.6. The molecule has 34 heavy (non-hydrogen) atoms. The highest BCUT2D eigenvalue weighted by molar-refractivity contribution is 5.96. The smallest absolute Gasteiger partial charge is 0.187 e. The summed E-state index contributed by atoms with van der Waals surface area (Å²) in [4.78, 5) is 3.84. The monoisotopic (exact) mass is 439 g/mol. The molecule has 0 atom stereocenters. The fraction of sp³-hybridized carbons (Fsp3) is 0.242. The molecule has 2 aliphatic rings. The maximum Gasteiger partial charge on any atom is 0.187 e. The molecule has 6 rings (SSSR count). The standard InChI is InChI=1S/C33H29N/c1-19(2)22-8-12-26-27-13-9-23(20(3)4)17-31(27)33(30(26)16-22)29-15-21(5)7-11-25(29)28-14-10-24(34-6)18-32(28)33/h7-20H,1-5H3. The third kappa shape index (κ3) is 2.60. The van der Waals surface area contributed by atoms with E-state index in [0.29, 0.717) is 17.5 Å². The van der Waals surface area contributed by atoms with Crippen LogP contribution >= 0.6 is 0 Å². The summed E-state index contributed by atoms with van der Waals surface area (Å²) in [6.07, 6.45) is 0. The van der Waals surface area contributed by atoms with Crippen LogP contribution in [0.2, 0.25) is 0 Å². The summed E-state index contributed by atoms with van der Waals surface area (Å²) in [5.74, 6) is 0.898. The van der Waals surface area contributed by atoms with Crippen LogP contribution in [-0.2, 0) is 5.41 Å². The van der Waals surface area contributed by atoms with E-state index in [1.165, 1.54) is 61.2 Å². The van der Waals surface area contributed by atoms with Gasteiger partial charge in [0.1, 0.15) is 0 Å². The first-order valence-corrected chi connectivity index (χ1v) is 12.3. The molecule has 0 bridgehead atoms. The largest absolute Gasteiger partial charge is 0.238 e. The van der Waals surface area contributed by atoms with Gasteiger partial charge >= 0.3 is 0 Å². The van der Waals surface area contributed by atoms with Crippen molar-refractivity contribution >= 4 is 5.69 Å². The van der Waals surface area contributed by atoms with Crippen LogP contribution in [0.1, 0.15) is 78.5 Å². The molecule has 1 spiro atoms. The van der Waals surface area contributed by atoms with Crippen LogP contribution in [0, 0.1) is 13.5 Å². The van der Waals surface area contributed by atoms with Crippen molar-refractivity contribution in [2.45, 2.75) is 51.9 Å². The van der Waals surface area contributed by atoms with Crippen LogP contribution in [0.3, 0.4) is 0 Å². The fourth-order valence-corrected chi connectivity index (χ4v) is 6.15. The summed E-state index contributed by atoms with van der Waals surface area (Å²) in [6.45, 7) is 19.0. The summed E-state index contributed by atoms with van der Waals surface area (Å²) < 4.78 is 0. The molecule has 0 fully saturated rings. The van der Waals surface area contributed by atoms with Gasteiger partial charge in [0.05, 0.1) is 12.0 Å². The molecule has 0 radical (unpaired) electrons. The lowest BCUT2D eigenvalue weighted by molar-refractivity contribution is 0.776. The molecule has 0 aromatic heterocycles. The van der Waals surface area contributed by atoms with E-state index < -0.39 is 5.41 Å². The molecule has 0 saturated carbocycles. The second-order valence-electron chi connectivity index (χ2n) is 10.6. The minimum Gasteiger partial charge on any atom is -0.238 e. The summed E-state index contributed by atoms with van der Waals surface area (Å²) in [5.41, 5.74) is 14.8. The van der Waals surface area contributed by atoms with E-state index in [1.54, 1.807) is 0 Å². The van der Waals surface area contributed by atoms with E-state index >= 15 is 0 Å². The van der Waals surface area contributed by atoms with E-state index in [1.807, 2.05) is 6.07 Å². The first-order chi connectivity index (χ1) is 16.4. The molecule has 0 aliphatic heterocycles. The van der Waals surface area contributed by atoms with Crippen molar-refractivity contribution in [3.8, 4) is 22.3 Å². The van der Waals surface area contributed by atoms with Crippen molar-refractivity contribution < 1.29 is 0 Å². The van der Waals surface area contributed by atoms with Crippen molar-refractivity contribution in [1.82, 2.24) is 0 Å². The summed E-state index contributed by atoms with van der Waals surface area (Å²) in [5, 5.41) is 0. The first kappa shape index (κ1) is 20.9. The van der Waals surface area contributed by atoms with Gasteiger partial charge in [-0.05, 0) is 74.4 Å². The molecule has 4 aromatic carbocycles. The number of hydrogen-bond donors (Lipinski definition) is 0. The molecular formula is C33H29N. The predicted octanol–water partition coefficient (Wildman–Crippen LogP) is 9.14. The summed E-state index contributed by atoms with van der Waals surface area (Å²) in [6, 6.07) is 27.3. The van der Waals surface area contributed by atoms with Gasteiger partial charge in [0.2, 0.25) is 0 Å². The molecule has 0 N–H and O–H groups in total. The zero-order valence-corrected chi connectivity index (χ0v) is 20.5. The highest BCUT2D eigenvalue weighted by Gasteiger charge is 2.52. The maximum atomic E-state index is 7.76. The SMILES string of the molecule is [C-]#[N+]c1ccc2c(c1)C1(c3cc(C)ccc3-2)c2cc(C(C)C)ccc2-c2ccc(C(C)C)cc21. The lowest BCUT2D eigenvalue weighted by Crippen LogP contribution is -2.26. The third-order valence-corrected chi connectivity index (χ3v) is 7.92. The van der Waals surface area contributed by atoms with Gasteiger partial charge in [-0.15, -0.1) is 0 Å². The molecule has 0 heterocycles. The molecule has 2 aliphatic carbocycles. The first-order valence-electron chi connectivity index (χ1n) is 12.3. The third-order valence-electron chi connectivity index (χ3n) is 7.92. The Morgan fingerprint density at radius 2 is 1.03 bits per heavy atom. The Morgan fingerprint density at radius 3 is 1.53 bits per heavy atom. The van der Waals surface area contributed by atoms with Gasteiger partial charge in [-0.3, -0.25) is 0 Å². The van der Waals surface area contributed by atoms with Crippen molar-refractivity contribution in [2.24, 2.45) is 0 Å². The van der Waals surface area contributed by atoms with Crippen molar-refractivity contribution in [2.75, 3.05) is 0 Å². The molecule has 0 amide bonds. The van der Waals surface area contributed by atoms with Crippen LogP contribution < -0.4 is 0 Å². The van der Waals surface area contributed by atoms with Crippen LogP contribution in [0.15, 0.2) is 72.8 Å². The Labute approximate surface area is 202 Å². The number of nitrogens with zero attached hydrogens (tertiary/aromatic N) is 1. The van der Waals surface area contributed by atoms with Crippen LogP contribution in [0.5, 0.6) is 0 Å². The van der Waals surface area contributed by atoms with Gasteiger partial charge < -0.3 is 0 Å². The Morgan fingerprint density at radius 1 is 0.588 bits per heavy atom. The van der Waals surface area contributed by atoms with E-state index in [-0.39, 0.29) is 0 Å². The highest BCUT2D eigenvalue weighted by Crippen LogP contribution is 2.63. The van der Waals surface area contributed by atoms with Crippen molar-refractivity contribution in [3.05, 3.63) is 123 Å². The van der Waals surface area contributed by atoms with Crippen molar-refractivity contribution in [1.29, 1.82) is 0 Å². The molecule has 4 aromatic rings. The average molecular weight is 440 g/mol. The van der Waals surface area contributed by atoms with Gasteiger partial charge in [-0.25, -0.2) is 4.85 Å². The maximum absolute atomic E-state index is 7.76. The van der Waals surface area contributed by atoms with Crippen LogP contribution in [-0.4, -0.2) is 0 Å². The molecule has 1 nitrogen and oxygen atoms in total. The number of benzene rings is 4. The minimum atomic E-state index is -0.391. The molecule has 166 valence electrons. The number of hydrogen-bond acceptors (Lipinski definition) is 0. The number of rotatable bonds is 2. The Balaban J connectivity index is 1.83. The van der Waals surface area contributed by atoms with E-state index in [0.717, 1.165) is 0 Å². The number of aryl methyl sites for hydroxylation is 1. The zero-order valence-electron chi connectivity index (χ0n) is 20.5. The topological polar surface area (TPSA) is 4.36 Å². The van der Waals surface area contributed by atoms with E-state index in [4.69, 9.17) is 6.57 Å². The van der Waals surface area contributed by atoms with E-state index in [2.05, 4.69) is 106 Å². The van der Waals surface area contributed by atoms with Gasteiger partial charge in [-0.1, -0.05) is 106 Å². The summed E-state index contributed by atoms with van der Waals surface area (Å²) >= 11 is 0. The number of fused-ring (bicyclic) bond motifs is 10. The Bertz CT molecular complexity index is 1470. The normalized spacial score (nSPS) is 14.2. The van der Waals surface area contributed by atoms with Crippen LogP contribution in [0.4, 0.5) is 5.69 Å². The van der Waals surface area contributed by atoms with Crippen LogP contribution in [0.25, 0.3) is 27.1 Å². The molecular weight excluding hydrogens is 410 g/mol. The molecule has 0 unspecified atom stereocenters. The Hall–Kier alpha value is -3.63. The second-order valence-corrected chi connectivity index (χ2v) is 10.6. The van der Waals surface area contributed by atoms with Gasteiger partial charge in [0, 0.05) is 0 Å². The Kier molecular flexibility index (Phi) is 4.42.